The smallest absolute Gasteiger partial charge is 0.0360 e. The molecule has 3 atom stereocenters. The van der Waals surface area contributed by atoms with Crippen LogP contribution in [0.3, 0.4) is 0 Å². The van der Waals surface area contributed by atoms with E-state index in [9.17, 15) is 0 Å². The van der Waals surface area contributed by atoms with Crippen LogP contribution in [-0.4, -0.2) is 0 Å². The van der Waals surface area contributed by atoms with Gasteiger partial charge in [-0.3, -0.25) is 0 Å². The van der Waals surface area contributed by atoms with Gasteiger partial charge >= 0.3 is 0 Å². The molecule has 66 valence electrons. The van der Waals surface area contributed by atoms with Crippen LogP contribution in [0.25, 0.3) is 0 Å². The summed E-state index contributed by atoms with van der Waals surface area (Å²) in [5.41, 5.74) is 0. The SMILES string of the molecule is CC.CC1CC2CCCC[C@H]12. The van der Waals surface area contributed by atoms with Gasteiger partial charge < -0.3 is 0 Å². The summed E-state index contributed by atoms with van der Waals surface area (Å²) in [5, 5.41) is 0. The highest BCUT2D eigenvalue weighted by molar-refractivity contribution is 4.88. The van der Waals surface area contributed by atoms with Crippen molar-refractivity contribution in [1.29, 1.82) is 0 Å². The third-order valence-corrected chi connectivity index (χ3v) is 3.37. The van der Waals surface area contributed by atoms with Crippen LogP contribution in [0.5, 0.6) is 0 Å². The van der Waals surface area contributed by atoms with Crippen molar-refractivity contribution in [3.63, 3.8) is 0 Å². The van der Waals surface area contributed by atoms with Crippen LogP contribution in [0.1, 0.15) is 52.9 Å². The van der Waals surface area contributed by atoms with Crippen molar-refractivity contribution in [2.24, 2.45) is 17.8 Å². The first-order valence-electron chi connectivity index (χ1n) is 5.38. The molecule has 0 aromatic carbocycles. The fourth-order valence-electron chi connectivity index (χ4n) is 2.73. The summed E-state index contributed by atoms with van der Waals surface area (Å²) in [7, 11) is 0. The Balaban J connectivity index is 0.000000281. The minimum absolute atomic E-state index is 1.08. The van der Waals surface area contributed by atoms with Gasteiger partial charge in [-0.05, 0) is 30.6 Å². The molecule has 2 rings (SSSR count). The van der Waals surface area contributed by atoms with E-state index in [1.54, 1.807) is 19.3 Å². The molecule has 0 nitrogen and oxygen atoms in total. The monoisotopic (exact) mass is 154 g/mol. The van der Waals surface area contributed by atoms with E-state index in [1.165, 1.54) is 12.8 Å². The van der Waals surface area contributed by atoms with Crippen molar-refractivity contribution < 1.29 is 0 Å². The molecular formula is C11H22. The summed E-state index contributed by atoms with van der Waals surface area (Å²) in [6.45, 7) is 6.42. The van der Waals surface area contributed by atoms with E-state index in [0.717, 1.165) is 17.8 Å². The highest BCUT2D eigenvalue weighted by Gasteiger charge is 2.38. The first kappa shape index (κ1) is 9.09. The van der Waals surface area contributed by atoms with Crippen LogP contribution in [-0.2, 0) is 0 Å². The lowest BCUT2D eigenvalue weighted by Crippen LogP contribution is -2.36. The Hall–Kier alpha value is 0. The minimum atomic E-state index is 1.08. The molecular weight excluding hydrogens is 132 g/mol. The van der Waals surface area contributed by atoms with Gasteiger partial charge in [-0.2, -0.15) is 0 Å². The third-order valence-electron chi connectivity index (χ3n) is 3.37. The normalized spacial score (nSPS) is 41.2. The Bertz CT molecular complexity index is 105. The fraction of sp³-hybridized carbons (Fsp3) is 1.00. The highest BCUT2D eigenvalue weighted by atomic mass is 14.4. The van der Waals surface area contributed by atoms with Gasteiger partial charge in [-0.25, -0.2) is 0 Å². The summed E-state index contributed by atoms with van der Waals surface area (Å²) in [6, 6.07) is 0. The fourth-order valence-corrected chi connectivity index (χ4v) is 2.73. The predicted molar refractivity (Wildman–Crippen MR) is 50.6 cm³/mol. The molecule has 0 aromatic rings. The molecule has 2 saturated carbocycles. The van der Waals surface area contributed by atoms with Crippen LogP contribution < -0.4 is 0 Å². The third kappa shape index (κ3) is 1.77. The van der Waals surface area contributed by atoms with E-state index < -0.39 is 0 Å². The molecule has 0 aliphatic heterocycles. The Morgan fingerprint density at radius 1 is 1.00 bits per heavy atom. The van der Waals surface area contributed by atoms with E-state index in [1.807, 2.05) is 13.8 Å². The van der Waals surface area contributed by atoms with Crippen LogP contribution in [0, 0.1) is 17.8 Å². The summed E-state index contributed by atoms with van der Waals surface area (Å²) in [5.74, 6) is 3.39. The minimum Gasteiger partial charge on any atom is -0.0683 e. The van der Waals surface area contributed by atoms with Crippen LogP contribution in [0.4, 0.5) is 0 Å². The van der Waals surface area contributed by atoms with Gasteiger partial charge in [0, 0.05) is 0 Å². The van der Waals surface area contributed by atoms with Gasteiger partial charge in [0.05, 0.1) is 0 Å². The molecule has 0 heterocycles. The van der Waals surface area contributed by atoms with Gasteiger partial charge in [0.2, 0.25) is 0 Å². The molecule has 2 aliphatic carbocycles. The number of rotatable bonds is 0. The maximum absolute atomic E-state index is 2.42. The zero-order chi connectivity index (χ0) is 8.27. The summed E-state index contributed by atoms with van der Waals surface area (Å²) in [6.07, 6.45) is 7.69. The molecule has 0 saturated heterocycles. The molecule has 0 bridgehead atoms. The molecule has 0 heteroatoms. The average Bonchev–Trinajstić information content (AvgIpc) is 2.07. The predicted octanol–water partition coefficient (Wildman–Crippen LogP) is 3.86. The number of fused-ring (bicyclic) bond motifs is 1. The lowest BCUT2D eigenvalue weighted by atomic mass is 9.59. The Morgan fingerprint density at radius 2 is 1.64 bits per heavy atom. The largest absolute Gasteiger partial charge is 0.0683 e. The Kier molecular flexibility index (Phi) is 3.42. The molecule has 0 spiro atoms. The van der Waals surface area contributed by atoms with Crippen molar-refractivity contribution in [3.05, 3.63) is 0 Å². The molecule has 0 N–H and O–H groups in total. The van der Waals surface area contributed by atoms with E-state index in [0.29, 0.717) is 0 Å². The van der Waals surface area contributed by atoms with E-state index >= 15 is 0 Å². The van der Waals surface area contributed by atoms with Gasteiger partial charge in [0.15, 0.2) is 0 Å². The summed E-state index contributed by atoms with van der Waals surface area (Å²) < 4.78 is 0. The first-order chi connectivity index (χ1) is 5.38. The molecule has 0 aromatic heterocycles. The highest BCUT2D eigenvalue weighted by Crippen LogP contribution is 2.48. The van der Waals surface area contributed by atoms with Crippen molar-refractivity contribution >= 4 is 0 Å². The van der Waals surface area contributed by atoms with E-state index in [-0.39, 0.29) is 0 Å². The molecule has 0 amide bonds. The van der Waals surface area contributed by atoms with Crippen molar-refractivity contribution in [2.75, 3.05) is 0 Å². The zero-order valence-electron chi connectivity index (χ0n) is 8.27. The molecule has 0 radical (unpaired) electrons. The van der Waals surface area contributed by atoms with Crippen LogP contribution in [0.15, 0.2) is 0 Å². The van der Waals surface area contributed by atoms with E-state index in [4.69, 9.17) is 0 Å². The standard InChI is InChI=1S/C9H16.C2H6/c1-7-6-8-4-2-3-5-9(7)8;1-2/h7-9H,2-6H2,1H3;1-2H3/t7?,8?,9-;/m1./s1. The Labute approximate surface area is 71.4 Å². The van der Waals surface area contributed by atoms with Crippen molar-refractivity contribution in [3.8, 4) is 0 Å². The first-order valence-corrected chi connectivity index (χ1v) is 5.38. The maximum Gasteiger partial charge on any atom is -0.0360 e. The van der Waals surface area contributed by atoms with Crippen molar-refractivity contribution in [1.82, 2.24) is 0 Å². The zero-order valence-corrected chi connectivity index (χ0v) is 8.27. The van der Waals surface area contributed by atoms with Gasteiger partial charge in [0.25, 0.3) is 0 Å². The molecule has 2 fully saturated rings. The van der Waals surface area contributed by atoms with Gasteiger partial charge in [-0.1, -0.05) is 40.0 Å². The Morgan fingerprint density at radius 3 is 2.09 bits per heavy atom. The van der Waals surface area contributed by atoms with E-state index in [2.05, 4.69) is 6.92 Å². The molecule has 2 unspecified atom stereocenters. The second-order valence-corrected chi connectivity index (χ2v) is 3.92. The summed E-state index contributed by atoms with van der Waals surface area (Å²) >= 11 is 0. The second-order valence-electron chi connectivity index (χ2n) is 3.92. The van der Waals surface area contributed by atoms with Crippen LogP contribution >= 0.6 is 0 Å². The lowest BCUT2D eigenvalue weighted by molar-refractivity contribution is 0.0421. The maximum atomic E-state index is 2.42. The van der Waals surface area contributed by atoms with Crippen LogP contribution in [0.2, 0.25) is 0 Å². The van der Waals surface area contributed by atoms with Gasteiger partial charge in [0.1, 0.15) is 0 Å². The quantitative estimate of drug-likeness (QED) is 0.497. The number of hydrogen-bond donors (Lipinski definition) is 0. The summed E-state index contributed by atoms with van der Waals surface area (Å²) in [4.78, 5) is 0. The van der Waals surface area contributed by atoms with Gasteiger partial charge in [-0.15, -0.1) is 0 Å². The molecule has 11 heavy (non-hydrogen) atoms. The topological polar surface area (TPSA) is 0 Å². The van der Waals surface area contributed by atoms with Crippen molar-refractivity contribution in [2.45, 2.75) is 52.9 Å². The lowest BCUT2D eigenvalue weighted by Gasteiger charge is -2.46. The second kappa shape index (κ2) is 4.13. The average molecular weight is 154 g/mol. The molecule has 2 aliphatic rings. The number of hydrogen-bond acceptors (Lipinski definition) is 0.